The third-order valence-electron chi connectivity index (χ3n) is 5.18. The Morgan fingerprint density at radius 1 is 1.21 bits per heavy atom. The van der Waals surface area contributed by atoms with E-state index in [1.807, 2.05) is 0 Å². The van der Waals surface area contributed by atoms with E-state index in [1.165, 1.54) is 32.1 Å². The van der Waals surface area contributed by atoms with Crippen molar-refractivity contribution < 1.29 is 9.47 Å². The van der Waals surface area contributed by atoms with Gasteiger partial charge < -0.3 is 14.8 Å². The molecular formula is C15H28N2O2. The highest BCUT2D eigenvalue weighted by Gasteiger charge is 2.36. The van der Waals surface area contributed by atoms with Crippen molar-refractivity contribution in [3.8, 4) is 0 Å². The summed E-state index contributed by atoms with van der Waals surface area (Å²) < 4.78 is 11.5. The van der Waals surface area contributed by atoms with Gasteiger partial charge in [-0.3, -0.25) is 4.90 Å². The minimum absolute atomic E-state index is 0.500. The molecule has 0 amide bonds. The zero-order valence-electron chi connectivity index (χ0n) is 12.1. The molecular weight excluding hydrogens is 240 g/mol. The average Bonchev–Trinajstić information content (AvgIpc) is 2.99. The van der Waals surface area contributed by atoms with E-state index in [9.17, 15) is 0 Å². The standard InChI is InChI=1S/C15H28N2O2/c1-16-13(12-6-8-18-11-12)10-17-7-9-19-15-5-3-2-4-14(15)17/h12-16H,2-11H2,1H3. The molecule has 0 bridgehead atoms. The van der Waals surface area contributed by atoms with E-state index in [-0.39, 0.29) is 0 Å². The normalized spacial score (nSPS) is 38.1. The van der Waals surface area contributed by atoms with Crippen LogP contribution in [0.25, 0.3) is 0 Å². The highest BCUT2D eigenvalue weighted by atomic mass is 16.5. The summed E-state index contributed by atoms with van der Waals surface area (Å²) in [5, 5.41) is 3.52. The van der Waals surface area contributed by atoms with Crippen LogP contribution in [0.2, 0.25) is 0 Å². The van der Waals surface area contributed by atoms with Gasteiger partial charge in [-0.2, -0.15) is 0 Å². The summed E-state index contributed by atoms with van der Waals surface area (Å²) in [6.07, 6.45) is 7.02. The maximum atomic E-state index is 5.97. The van der Waals surface area contributed by atoms with Gasteiger partial charge in [0.15, 0.2) is 0 Å². The number of morpholine rings is 1. The highest BCUT2D eigenvalue weighted by molar-refractivity contribution is 4.90. The van der Waals surface area contributed by atoms with E-state index in [4.69, 9.17) is 9.47 Å². The van der Waals surface area contributed by atoms with E-state index in [1.54, 1.807) is 0 Å². The second kappa shape index (κ2) is 6.53. The maximum Gasteiger partial charge on any atom is 0.0730 e. The number of fused-ring (bicyclic) bond motifs is 1. The van der Waals surface area contributed by atoms with E-state index in [2.05, 4.69) is 17.3 Å². The van der Waals surface area contributed by atoms with Crippen molar-refractivity contribution >= 4 is 0 Å². The molecule has 4 unspecified atom stereocenters. The Hall–Kier alpha value is -0.160. The molecule has 2 saturated heterocycles. The Kier molecular flexibility index (Phi) is 4.74. The molecule has 0 aromatic carbocycles. The minimum atomic E-state index is 0.500. The summed E-state index contributed by atoms with van der Waals surface area (Å²) in [4.78, 5) is 2.69. The zero-order valence-corrected chi connectivity index (χ0v) is 12.1. The van der Waals surface area contributed by atoms with Gasteiger partial charge in [-0.1, -0.05) is 12.8 Å². The molecule has 0 spiro atoms. The zero-order chi connectivity index (χ0) is 13.1. The van der Waals surface area contributed by atoms with Gasteiger partial charge in [0.1, 0.15) is 0 Å². The first kappa shape index (κ1) is 13.8. The number of likely N-dealkylation sites (N-methyl/N-ethyl adjacent to an activating group) is 1. The van der Waals surface area contributed by atoms with Crippen LogP contribution in [0.1, 0.15) is 32.1 Å². The van der Waals surface area contributed by atoms with Crippen molar-refractivity contribution in [3.63, 3.8) is 0 Å². The Morgan fingerprint density at radius 2 is 2.11 bits per heavy atom. The van der Waals surface area contributed by atoms with Crippen molar-refractivity contribution in [1.29, 1.82) is 0 Å². The Bertz CT molecular complexity index is 279. The first-order chi connectivity index (χ1) is 9.38. The smallest absolute Gasteiger partial charge is 0.0730 e. The van der Waals surface area contributed by atoms with Gasteiger partial charge in [-0.05, 0) is 26.3 Å². The summed E-state index contributed by atoms with van der Waals surface area (Å²) in [6.45, 7) is 5.06. The molecule has 1 aliphatic carbocycles. The monoisotopic (exact) mass is 268 g/mol. The summed E-state index contributed by atoms with van der Waals surface area (Å²) in [5.41, 5.74) is 0. The lowest BCUT2D eigenvalue weighted by Gasteiger charge is -2.45. The molecule has 3 fully saturated rings. The van der Waals surface area contributed by atoms with Crippen molar-refractivity contribution in [2.45, 2.75) is 50.3 Å². The fraction of sp³-hybridized carbons (Fsp3) is 1.00. The summed E-state index contributed by atoms with van der Waals surface area (Å²) in [6, 6.07) is 1.24. The van der Waals surface area contributed by atoms with Gasteiger partial charge in [0, 0.05) is 37.7 Å². The van der Waals surface area contributed by atoms with Crippen molar-refractivity contribution in [3.05, 3.63) is 0 Å². The van der Waals surface area contributed by atoms with Crippen LogP contribution in [0.15, 0.2) is 0 Å². The number of hydrogen-bond acceptors (Lipinski definition) is 4. The van der Waals surface area contributed by atoms with Crippen LogP contribution in [0.5, 0.6) is 0 Å². The molecule has 3 rings (SSSR count). The molecule has 2 aliphatic heterocycles. The van der Waals surface area contributed by atoms with Gasteiger partial charge in [-0.25, -0.2) is 0 Å². The summed E-state index contributed by atoms with van der Waals surface area (Å²) >= 11 is 0. The molecule has 2 heterocycles. The fourth-order valence-electron chi connectivity index (χ4n) is 4.00. The topological polar surface area (TPSA) is 33.7 Å². The first-order valence-electron chi connectivity index (χ1n) is 7.99. The molecule has 4 nitrogen and oxygen atoms in total. The largest absolute Gasteiger partial charge is 0.381 e. The summed E-state index contributed by atoms with van der Waals surface area (Å²) in [7, 11) is 2.10. The lowest BCUT2D eigenvalue weighted by atomic mass is 9.89. The van der Waals surface area contributed by atoms with Gasteiger partial charge in [-0.15, -0.1) is 0 Å². The molecule has 0 radical (unpaired) electrons. The number of ether oxygens (including phenoxy) is 2. The van der Waals surface area contributed by atoms with Crippen LogP contribution in [0, 0.1) is 5.92 Å². The molecule has 110 valence electrons. The third-order valence-corrected chi connectivity index (χ3v) is 5.18. The van der Waals surface area contributed by atoms with E-state index in [0.717, 1.165) is 32.9 Å². The van der Waals surface area contributed by atoms with Crippen LogP contribution in [0.3, 0.4) is 0 Å². The Morgan fingerprint density at radius 3 is 2.89 bits per heavy atom. The Balaban J connectivity index is 1.59. The van der Waals surface area contributed by atoms with E-state index in [0.29, 0.717) is 24.1 Å². The van der Waals surface area contributed by atoms with E-state index < -0.39 is 0 Å². The predicted molar refractivity (Wildman–Crippen MR) is 75.3 cm³/mol. The molecule has 1 saturated carbocycles. The molecule has 4 heteroatoms. The number of hydrogen-bond donors (Lipinski definition) is 1. The van der Waals surface area contributed by atoms with Crippen molar-refractivity contribution in [2.75, 3.05) is 40.0 Å². The molecule has 1 N–H and O–H groups in total. The second-order valence-corrected chi connectivity index (χ2v) is 6.27. The second-order valence-electron chi connectivity index (χ2n) is 6.27. The third kappa shape index (κ3) is 3.13. The lowest BCUT2D eigenvalue weighted by Crippen LogP contribution is -2.56. The lowest BCUT2D eigenvalue weighted by molar-refractivity contribution is -0.0914. The molecule has 0 aromatic heterocycles. The average molecular weight is 268 g/mol. The minimum Gasteiger partial charge on any atom is -0.381 e. The van der Waals surface area contributed by atoms with Crippen molar-refractivity contribution in [1.82, 2.24) is 10.2 Å². The van der Waals surface area contributed by atoms with Gasteiger partial charge >= 0.3 is 0 Å². The van der Waals surface area contributed by atoms with Crippen molar-refractivity contribution in [2.24, 2.45) is 5.92 Å². The number of nitrogens with zero attached hydrogens (tertiary/aromatic N) is 1. The van der Waals surface area contributed by atoms with Gasteiger partial charge in [0.05, 0.1) is 19.3 Å². The first-order valence-corrected chi connectivity index (χ1v) is 7.99. The molecule has 4 atom stereocenters. The van der Waals surface area contributed by atoms with Crippen LogP contribution in [-0.2, 0) is 9.47 Å². The predicted octanol–water partition coefficient (Wildman–Crippen LogP) is 1.25. The number of rotatable bonds is 4. The molecule has 19 heavy (non-hydrogen) atoms. The SMILES string of the molecule is CNC(CN1CCOC2CCCCC21)C1CCOC1. The van der Waals surface area contributed by atoms with Crippen LogP contribution < -0.4 is 5.32 Å². The highest BCUT2D eigenvalue weighted by Crippen LogP contribution is 2.29. The molecule has 0 aromatic rings. The number of nitrogens with one attached hydrogen (secondary N) is 1. The van der Waals surface area contributed by atoms with Gasteiger partial charge in [0.25, 0.3) is 0 Å². The fourth-order valence-corrected chi connectivity index (χ4v) is 4.00. The molecule has 3 aliphatic rings. The van der Waals surface area contributed by atoms with E-state index >= 15 is 0 Å². The summed E-state index contributed by atoms with van der Waals surface area (Å²) in [5.74, 6) is 0.690. The maximum absolute atomic E-state index is 5.97. The van der Waals surface area contributed by atoms with Crippen LogP contribution in [-0.4, -0.2) is 63.0 Å². The quantitative estimate of drug-likeness (QED) is 0.832. The van der Waals surface area contributed by atoms with Crippen LogP contribution in [0.4, 0.5) is 0 Å². The van der Waals surface area contributed by atoms with Gasteiger partial charge in [0.2, 0.25) is 0 Å². The van der Waals surface area contributed by atoms with Crippen LogP contribution >= 0.6 is 0 Å². The Labute approximate surface area is 116 Å².